The fourth-order valence-corrected chi connectivity index (χ4v) is 2.30. The SMILES string of the molecule is Cc1ccc(-n2nnc(C(=O)NCCO)c2C2CC2)cc1. The molecule has 1 heterocycles. The number of hydrogen-bond acceptors (Lipinski definition) is 4. The summed E-state index contributed by atoms with van der Waals surface area (Å²) in [4.78, 5) is 12.1. The normalized spacial score (nSPS) is 14.2. The molecule has 0 spiro atoms. The van der Waals surface area contributed by atoms with Crippen molar-refractivity contribution >= 4 is 5.91 Å². The van der Waals surface area contributed by atoms with Gasteiger partial charge in [0.05, 0.1) is 18.0 Å². The summed E-state index contributed by atoms with van der Waals surface area (Å²) in [6.45, 7) is 2.16. The predicted molar refractivity (Wildman–Crippen MR) is 77.5 cm³/mol. The van der Waals surface area contributed by atoms with Crippen molar-refractivity contribution in [3.8, 4) is 5.69 Å². The second kappa shape index (κ2) is 5.65. The van der Waals surface area contributed by atoms with Crippen LogP contribution in [-0.4, -0.2) is 39.2 Å². The van der Waals surface area contributed by atoms with E-state index < -0.39 is 0 Å². The van der Waals surface area contributed by atoms with E-state index in [1.807, 2.05) is 31.2 Å². The van der Waals surface area contributed by atoms with Crippen LogP contribution in [0.1, 0.15) is 40.5 Å². The standard InChI is InChI=1S/C15H18N4O2/c1-10-2-6-12(7-3-10)19-14(11-4-5-11)13(17-18-19)15(21)16-8-9-20/h2-3,6-7,11,20H,4-5,8-9H2,1H3,(H,16,21). The van der Waals surface area contributed by atoms with Crippen LogP contribution in [0, 0.1) is 6.92 Å². The number of benzene rings is 1. The van der Waals surface area contributed by atoms with Gasteiger partial charge in [-0.1, -0.05) is 22.9 Å². The van der Waals surface area contributed by atoms with Crippen LogP contribution in [0.3, 0.4) is 0 Å². The Morgan fingerprint density at radius 2 is 2.10 bits per heavy atom. The summed E-state index contributed by atoms with van der Waals surface area (Å²) < 4.78 is 1.75. The van der Waals surface area contributed by atoms with Gasteiger partial charge in [-0.05, 0) is 31.9 Å². The molecular formula is C15H18N4O2. The van der Waals surface area contributed by atoms with Gasteiger partial charge in [-0.2, -0.15) is 0 Å². The molecule has 6 nitrogen and oxygen atoms in total. The van der Waals surface area contributed by atoms with Gasteiger partial charge in [0, 0.05) is 12.5 Å². The van der Waals surface area contributed by atoms with E-state index in [9.17, 15) is 4.79 Å². The number of rotatable bonds is 5. The first-order chi connectivity index (χ1) is 10.2. The largest absolute Gasteiger partial charge is 0.395 e. The summed E-state index contributed by atoms with van der Waals surface area (Å²) in [5.74, 6) is 0.0699. The zero-order chi connectivity index (χ0) is 14.8. The fraction of sp³-hybridized carbons (Fsp3) is 0.400. The minimum absolute atomic E-state index is 0.0867. The lowest BCUT2D eigenvalue weighted by molar-refractivity contribution is 0.0938. The molecule has 1 aliphatic carbocycles. The molecule has 2 aromatic rings. The van der Waals surface area contributed by atoms with Gasteiger partial charge < -0.3 is 10.4 Å². The van der Waals surface area contributed by atoms with Gasteiger partial charge >= 0.3 is 0 Å². The maximum absolute atomic E-state index is 12.1. The highest BCUT2D eigenvalue weighted by Crippen LogP contribution is 2.41. The summed E-state index contributed by atoms with van der Waals surface area (Å²) in [6.07, 6.45) is 2.11. The molecule has 0 aliphatic heterocycles. The summed E-state index contributed by atoms with van der Waals surface area (Å²) in [5, 5.41) is 19.6. The maximum atomic E-state index is 12.1. The van der Waals surface area contributed by atoms with E-state index in [1.54, 1.807) is 4.68 Å². The molecule has 110 valence electrons. The second-order valence-electron chi connectivity index (χ2n) is 5.32. The van der Waals surface area contributed by atoms with Crippen LogP contribution in [0.5, 0.6) is 0 Å². The van der Waals surface area contributed by atoms with Crippen molar-refractivity contribution in [3.05, 3.63) is 41.2 Å². The number of amides is 1. The summed E-state index contributed by atoms with van der Waals surface area (Å²) >= 11 is 0. The Kier molecular flexibility index (Phi) is 3.70. The van der Waals surface area contributed by atoms with Crippen LogP contribution >= 0.6 is 0 Å². The molecule has 3 rings (SSSR count). The van der Waals surface area contributed by atoms with Gasteiger partial charge in [0.2, 0.25) is 0 Å². The zero-order valence-electron chi connectivity index (χ0n) is 11.9. The lowest BCUT2D eigenvalue weighted by Crippen LogP contribution is -2.27. The molecule has 1 aromatic carbocycles. The molecule has 1 fully saturated rings. The average molecular weight is 286 g/mol. The van der Waals surface area contributed by atoms with Crippen molar-refractivity contribution in [3.63, 3.8) is 0 Å². The van der Waals surface area contributed by atoms with Gasteiger partial charge in [-0.15, -0.1) is 5.10 Å². The minimum atomic E-state index is -0.274. The van der Waals surface area contributed by atoms with Crippen molar-refractivity contribution < 1.29 is 9.90 Å². The number of nitrogens with one attached hydrogen (secondary N) is 1. The van der Waals surface area contributed by atoms with Crippen LogP contribution in [0.25, 0.3) is 5.69 Å². The predicted octanol–water partition coefficient (Wildman–Crippen LogP) is 1.18. The van der Waals surface area contributed by atoms with Gasteiger partial charge in [-0.25, -0.2) is 4.68 Å². The van der Waals surface area contributed by atoms with Crippen molar-refractivity contribution in [1.82, 2.24) is 20.3 Å². The van der Waals surface area contributed by atoms with Gasteiger partial charge in [0.25, 0.3) is 5.91 Å². The molecule has 0 radical (unpaired) electrons. The Morgan fingerprint density at radius 3 is 2.71 bits per heavy atom. The Labute approximate surface area is 122 Å². The highest BCUT2D eigenvalue weighted by Gasteiger charge is 2.34. The smallest absolute Gasteiger partial charge is 0.273 e. The molecular weight excluding hydrogens is 268 g/mol. The molecule has 0 bridgehead atoms. The van der Waals surface area contributed by atoms with Crippen LogP contribution in [0.15, 0.2) is 24.3 Å². The number of hydrogen-bond donors (Lipinski definition) is 2. The molecule has 0 unspecified atom stereocenters. The molecule has 0 saturated heterocycles. The van der Waals surface area contributed by atoms with E-state index in [0.717, 1.165) is 24.2 Å². The van der Waals surface area contributed by atoms with E-state index in [0.29, 0.717) is 11.6 Å². The Hall–Kier alpha value is -2.21. The number of aryl methyl sites for hydroxylation is 1. The topological polar surface area (TPSA) is 80.0 Å². The summed E-state index contributed by atoms with van der Waals surface area (Å²) in [7, 11) is 0. The average Bonchev–Trinajstić information content (AvgIpc) is 3.24. The van der Waals surface area contributed by atoms with Crippen LogP contribution < -0.4 is 5.32 Å². The van der Waals surface area contributed by atoms with Crippen LogP contribution in [0.2, 0.25) is 0 Å². The number of aliphatic hydroxyl groups excluding tert-OH is 1. The summed E-state index contributed by atoms with van der Waals surface area (Å²) in [5.41, 5.74) is 3.32. The monoisotopic (exact) mass is 286 g/mol. The lowest BCUT2D eigenvalue weighted by atomic mass is 10.2. The molecule has 1 saturated carbocycles. The van der Waals surface area contributed by atoms with Crippen molar-refractivity contribution in [2.45, 2.75) is 25.7 Å². The maximum Gasteiger partial charge on any atom is 0.273 e. The van der Waals surface area contributed by atoms with Crippen molar-refractivity contribution in [2.24, 2.45) is 0 Å². The Bertz CT molecular complexity index is 644. The number of carbonyl (C=O) groups excluding carboxylic acids is 1. The number of aliphatic hydroxyl groups is 1. The molecule has 2 N–H and O–H groups in total. The van der Waals surface area contributed by atoms with Crippen LogP contribution in [0.4, 0.5) is 0 Å². The molecule has 6 heteroatoms. The minimum Gasteiger partial charge on any atom is -0.395 e. The molecule has 1 aromatic heterocycles. The molecule has 1 amide bonds. The third kappa shape index (κ3) is 2.80. The van der Waals surface area contributed by atoms with E-state index in [-0.39, 0.29) is 19.1 Å². The fourth-order valence-electron chi connectivity index (χ4n) is 2.30. The van der Waals surface area contributed by atoms with Crippen LogP contribution in [-0.2, 0) is 0 Å². The highest BCUT2D eigenvalue weighted by atomic mass is 16.3. The van der Waals surface area contributed by atoms with Gasteiger partial charge in [-0.3, -0.25) is 4.79 Å². The first kappa shape index (κ1) is 13.8. The lowest BCUT2D eigenvalue weighted by Gasteiger charge is -2.07. The first-order valence-electron chi connectivity index (χ1n) is 7.12. The Balaban J connectivity index is 1.96. The number of aromatic nitrogens is 3. The number of carbonyl (C=O) groups is 1. The van der Waals surface area contributed by atoms with E-state index in [1.165, 1.54) is 5.56 Å². The number of nitrogens with zero attached hydrogens (tertiary/aromatic N) is 3. The van der Waals surface area contributed by atoms with E-state index in [2.05, 4.69) is 15.6 Å². The summed E-state index contributed by atoms with van der Waals surface area (Å²) in [6, 6.07) is 7.98. The molecule has 0 atom stereocenters. The van der Waals surface area contributed by atoms with Gasteiger partial charge in [0.1, 0.15) is 0 Å². The molecule has 1 aliphatic rings. The van der Waals surface area contributed by atoms with Gasteiger partial charge in [0.15, 0.2) is 5.69 Å². The quantitative estimate of drug-likeness (QED) is 0.865. The Morgan fingerprint density at radius 1 is 1.38 bits per heavy atom. The van der Waals surface area contributed by atoms with E-state index in [4.69, 9.17) is 5.11 Å². The second-order valence-corrected chi connectivity index (χ2v) is 5.32. The third-order valence-corrected chi connectivity index (χ3v) is 3.56. The van der Waals surface area contributed by atoms with Crippen molar-refractivity contribution in [1.29, 1.82) is 0 Å². The van der Waals surface area contributed by atoms with Crippen molar-refractivity contribution in [2.75, 3.05) is 13.2 Å². The molecule has 21 heavy (non-hydrogen) atoms. The third-order valence-electron chi connectivity index (χ3n) is 3.56. The highest BCUT2D eigenvalue weighted by molar-refractivity contribution is 5.93. The zero-order valence-corrected chi connectivity index (χ0v) is 11.9. The first-order valence-corrected chi connectivity index (χ1v) is 7.12. The van der Waals surface area contributed by atoms with E-state index >= 15 is 0 Å².